The molecule has 0 N–H and O–H groups in total. The van der Waals surface area contributed by atoms with E-state index in [1.54, 1.807) is 18.2 Å². The van der Waals surface area contributed by atoms with E-state index in [9.17, 15) is 12.8 Å². The summed E-state index contributed by atoms with van der Waals surface area (Å²) in [5.74, 6) is -0.577. The van der Waals surface area contributed by atoms with E-state index in [1.807, 2.05) is 11.0 Å². The van der Waals surface area contributed by atoms with Gasteiger partial charge in [0.25, 0.3) is 0 Å². The van der Waals surface area contributed by atoms with Crippen LogP contribution in [0, 0.1) is 17.1 Å². The maximum Gasteiger partial charge on any atom is 0.243 e. The van der Waals surface area contributed by atoms with Crippen molar-refractivity contribution in [1.82, 2.24) is 4.31 Å². The zero-order valence-corrected chi connectivity index (χ0v) is 14.8. The molecular weight excluding hydrogens is 365 g/mol. The Morgan fingerprint density at radius 3 is 2.40 bits per heavy atom. The van der Waals surface area contributed by atoms with Crippen LogP contribution in [0.2, 0.25) is 5.02 Å². The second-order valence-electron chi connectivity index (χ2n) is 5.62. The lowest BCUT2D eigenvalue weighted by molar-refractivity contribution is 0.384. The molecule has 25 heavy (non-hydrogen) atoms. The van der Waals surface area contributed by atoms with E-state index in [-0.39, 0.29) is 18.0 Å². The van der Waals surface area contributed by atoms with Crippen LogP contribution in [0.15, 0.2) is 47.4 Å². The standard InChI is InChI=1S/C17H15ClFN3O2S/c18-17-11-15(5-4-13(17)12-20)21-6-8-22(9-7-21)25(23,24)16-3-1-2-14(19)10-16/h1-5,10-11H,6-9H2. The molecule has 0 aromatic heterocycles. The minimum Gasteiger partial charge on any atom is -0.369 e. The SMILES string of the molecule is N#Cc1ccc(N2CCN(S(=O)(=O)c3cccc(F)c3)CC2)cc1Cl. The van der Waals surface area contributed by atoms with Crippen LogP contribution >= 0.6 is 11.6 Å². The zero-order valence-electron chi connectivity index (χ0n) is 13.2. The van der Waals surface area contributed by atoms with Gasteiger partial charge in [0.1, 0.15) is 11.9 Å². The molecular formula is C17H15ClFN3O2S. The van der Waals surface area contributed by atoms with Crippen LogP contribution in [0.5, 0.6) is 0 Å². The summed E-state index contributed by atoms with van der Waals surface area (Å²) >= 11 is 6.05. The highest BCUT2D eigenvalue weighted by atomic mass is 35.5. The van der Waals surface area contributed by atoms with Crippen LogP contribution in [0.1, 0.15) is 5.56 Å². The molecule has 5 nitrogen and oxygen atoms in total. The molecule has 1 fully saturated rings. The molecule has 0 aliphatic carbocycles. The van der Waals surface area contributed by atoms with E-state index in [0.29, 0.717) is 23.7 Å². The summed E-state index contributed by atoms with van der Waals surface area (Å²) in [5, 5.41) is 9.29. The van der Waals surface area contributed by atoms with Gasteiger partial charge in [0, 0.05) is 31.9 Å². The quantitative estimate of drug-likeness (QED) is 0.822. The number of hydrogen-bond acceptors (Lipinski definition) is 4. The van der Waals surface area contributed by atoms with Crippen molar-refractivity contribution in [3.8, 4) is 6.07 Å². The predicted molar refractivity (Wildman–Crippen MR) is 93.5 cm³/mol. The normalized spacial score (nSPS) is 15.8. The summed E-state index contributed by atoms with van der Waals surface area (Å²) in [6.45, 7) is 1.54. The molecule has 0 spiro atoms. The molecule has 0 radical (unpaired) electrons. The fourth-order valence-corrected chi connectivity index (χ4v) is 4.43. The molecule has 8 heteroatoms. The second-order valence-corrected chi connectivity index (χ2v) is 7.97. The van der Waals surface area contributed by atoms with Crippen molar-refractivity contribution in [2.24, 2.45) is 0 Å². The van der Waals surface area contributed by atoms with Crippen LogP contribution in [0.3, 0.4) is 0 Å². The highest BCUT2D eigenvalue weighted by Gasteiger charge is 2.29. The number of hydrogen-bond donors (Lipinski definition) is 0. The van der Waals surface area contributed by atoms with Gasteiger partial charge >= 0.3 is 0 Å². The van der Waals surface area contributed by atoms with Crippen LogP contribution in [-0.2, 0) is 10.0 Å². The van der Waals surface area contributed by atoms with E-state index in [4.69, 9.17) is 16.9 Å². The highest BCUT2D eigenvalue weighted by molar-refractivity contribution is 7.89. The number of rotatable bonds is 3. The molecule has 1 heterocycles. The summed E-state index contributed by atoms with van der Waals surface area (Å²) in [4.78, 5) is 1.97. The van der Waals surface area contributed by atoms with Crippen LogP contribution in [0.4, 0.5) is 10.1 Å². The fraction of sp³-hybridized carbons (Fsp3) is 0.235. The van der Waals surface area contributed by atoms with Gasteiger partial charge < -0.3 is 4.90 Å². The second kappa shape index (κ2) is 7.00. The molecule has 0 amide bonds. The molecule has 130 valence electrons. The third-order valence-electron chi connectivity index (χ3n) is 4.11. The smallest absolute Gasteiger partial charge is 0.243 e. The third-order valence-corrected chi connectivity index (χ3v) is 6.32. The van der Waals surface area contributed by atoms with Crippen LogP contribution in [-0.4, -0.2) is 38.9 Å². The van der Waals surface area contributed by atoms with Crippen molar-refractivity contribution in [3.63, 3.8) is 0 Å². The highest BCUT2D eigenvalue weighted by Crippen LogP contribution is 2.25. The Bertz CT molecular complexity index is 935. The lowest BCUT2D eigenvalue weighted by Crippen LogP contribution is -2.48. The first-order chi connectivity index (χ1) is 11.9. The molecule has 1 aliphatic heterocycles. The van der Waals surface area contributed by atoms with Gasteiger partial charge in [-0.3, -0.25) is 0 Å². The van der Waals surface area contributed by atoms with E-state index in [1.165, 1.54) is 22.5 Å². The van der Waals surface area contributed by atoms with Crippen molar-refractivity contribution in [2.75, 3.05) is 31.1 Å². The van der Waals surface area contributed by atoms with Crippen LogP contribution in [0.25, 0.3) is 0 Å². The number of halogens is 2. The first-order valence-corrected chi connectivity index (χ1v) is 9.44. The van der Waals surface area contributed by atoms with Gasteiger partial charge in [-0.25, -0.2) is 12.8 Å². The molecule has 2 aromatic rings. The lowest BCUT2D eigenvalue weighted by Gasteiger charge is -2.35. The van der Waals surface area contributed by atoms with E-state index in [0.717, 1.165) is 11.8 Å². The van der Waals surface area contributed by atoms with E-state index in [2.05, 4.69) is 0 Å². The summed E-state index contributed by atoms with van der Waals surface area (Å²) in [6.07, 6.45) is 0. The largest absolute Gasteiger partial charge is 0.369 e. The summed E-state index contributed by atoms with van der Waals surface area (Å²) in [5.41, 5.74) is 1.24. The minimum atomic E-state index is -3.71. The Balaban J connectivity index is 1.73. The summed E-state index contributed by atoms with van der Waals surface area (Å²) < 4.78 is 39.9. The number of anilines is 1. The Hall–Kier alpha value is -2.14. The van der Waals surface area contributed by atoms with Gasteiger partial charge in [0.2, 0.25) is 10.0 Å². The molecule has 0 atom stereocenters. The Kier molecular flexibility index (Phi) is 4.95. The van der Waals surface area contributed by atoms with Gasteiger partial charge in [0.05, 0.1) is 15.5 Å². The van der Waals surface area contributed by atoms with Crippen LogP contribution < -0.4 is 4.90 Å². The van der Waals surface area contributed by atoms with Crippen molar-refractivity contribution in [2.45, 2.75) is 4.90 Å². The van der Waals surface area contributed by atoms with E-state index < -0.39 is 15.8 Å². The average molecular weight is 380 g/mol. The van der Waals surface area contributed by atoms with Gasteiger partial charge in [-0.1, -0.05) is 17.7 Å². The molecule has 0 unspecified atom stereocenters. The Morgan fingerprint density at radius 2 is 1.80 bits per heavy atom. The molecule has 2 aromatic carbocycles. The maximum atomic E-state index is 13.3. The monoisotopic (exact) mass is 379 g/mol. The van der Waals surface area contributed by atoms with Crippen molar-refractivity contribution < 1.29 is 12.8 Å². The van der Waals surface area contributed by atoms with Gasteiger partial charge in [-0.15, -0.1) is 0 Å². The number of nitrogens with zero attached hydrogens (tertiary/aromatic N) is 3. The topological polar surface area (TPSA) is 64.4 Å². The Labute approximate surface area is 150 Å². The summed E-state index contributed by atoms with van der Waals surface area (Å²) in [6, 6.07) is 12.2. The number of piperazine rings is 1. The predicted octanol–water partition coefficient (Wildman–Crippen LogP) is 2.86. The first-order valence-electron chi connectivity index (χ1n) is 7.62. The molecule has 1 aliphatic rings. The van der Waals surface area contributed by atoms with Crippen molar-refractivity contribution >= 4 is 27.3 Å². The molecule has 1 saturated heterocycles. The molecule has 0 saturated carbocycles. The maximum absolute atomic E-state index is 13.3. The Morgan fingerprint density at radius 1 is 1.08 bits per heavy atom. The van der Waals surface area contributed by atoms with Gasteiger partial charge in [0.15, 0.2) is 0 Å². The van der Waals surface area contributed by atoms with Gasteiger partial charge in [-0.2, -0.15) is 9.57 Å². The van der Waals surface area contributed by atoms with Crippen molar-refractivity contribution in [1.29, 1.82) is 5.26 Å². The first kappa shape index (κ1) is 17.7. The zero-order chi connectivity index (χ0) is 18.0. The third kappa shape index (κ3) is 3.61. The molecule has 3 rings (SSSR count). The van der Waals surface area contributed by atoms with E-state index >= 15 is 0 Å². The van der Waals surface area contributed by atoms with Gasteiger partial charge in [-0.05, 0) is 36.4 Å². The number of benzene rings is 2. The average Bonchev–Trinajstić information content (AvgIpc) is 2.62. The lowest BCUT2D eigenvalue weighted by atomic mass is 10.2. The summed E-state index contributed by atoms with van der Waals surface area (Å²) in [7, 11) is -3.71. The molecule has 0 bridgehead atoms. The number of nitriles is 1. The minimum absolute atomic E-state index is 0.0395. The van der Waals surface area contributed by atoms with Crippen molar-refractivity contribution in [3.05, 3.63) is 58.9 Å². The fourth-order valence-electron chi connectivity index (χ4n) is 2.75. The number of sulfonamides is 1.